The Bertz CT molecular complexity index is 706. The van der Waals surface area contributed by atoms with E-state index < -0.39 is 29.8 Å². The third-order valence-electron chi connectivity index (χ3n) is 4.41. The normalized spacial score (nSPS) is 19.5. The Morgan fingerprint density at radius 3 is 1.92 bits per heavy atom. The minimum absolute atomic E-state index is 0.0212. The molecule has 0 spiro atoms. The standard InChI is InChI=1S/C17H21NO8/c1-23-14(19)10-9-7-5-6-8-18(9)13(17(22)26-4)12(16(21)25-3)11(10)15(20)24-2/h11H,5-8H2,1-4H3/t11-/m1/s1. The minimum Gasteiger partial charge on any atom is -0.468 e. The van der Waals surface area contributed by atoms with Crippen molar-refractivity contribution in [3.05, 3.63) is 22.5 Å². The summed E-state index contributed by atoms with van der Waals surface area (Å²) in [6.07, 6.45) is 1.92. The lowest BCUT2D eigenvalue weighted by atomic mass is 9.81. The Kier molecular flexibility index (Phi) is 6.01. The molecule has 1 atom stereocenters. The van der Waals surface area contributed by atoms with E-state index in [-0.39, 0.29) is 16.8 Å². The molecular formula is C17H21NO8. The molecule has 2 aliphatic rings. The Balaban J connectivity index is 2.83. The first-order chi connectivity index (χ1) is 12.4. The molecule has 0 radical (unpaired) electrons. The zero-order valence-corrected chi connectivity index (χ0v) is 15.1. The number of allylic oxidation sites excluding steroid dienone is 1. The van der Waals surface area contributed by atoms with E-state index in [1.165, 1.54) is 19.1 Å². The molecule has 0 bridgehead atoms. The van der Waals surface area contributed by atoms with E-state index in [1.54, 1.807) is 0 Å². The zero-order valence-electron chi connectivity index (χ0n) is 15.1. The van der Waals surface area contributed by atoms with E-state index in [9.17, 15) is 19.2 Å². The van der Waals surface area contributed by atoms with Crippen LogP contribution in [0.1, 0.15) is 19.3 Å². The summed E-state index contributed by atoms with van der Waals surface area (Å²) in [5.41, 5.74) is 0.0213. The Labute approximate surface area is 150 Å². The fraction of sp³-hybridized carbons (Fsp3) is 0.529. The predicted molar refractivity (Wildman–Crippen MR) is 86.2 cm³/mol. The Morgan fingerprint density at radius 2 is 1.38 bits per heavy atom. The maximum Gasteiger partial charge on any atom is 0.355 e. The zero-order chi connectivity index (χ0) is 19.4. The lowest BCUT2D eigenvalue weighted by molar-refractivity contribution is -0.150. The van der Waals surface area contributed by atoms with Gasteiger partial charge in [-0.25, -0.2) is 14.4 Å². The largest absolute Gasteiger partial charge is 0.468 e. The monoisotopic (exact) mass is 367 g/mol. The maximum atomic E-state index is 12.5. The van der Waals surface area contributed by atoms with E-state index >= 15 is 0 Å². The summed E-state index contributed by atoms with van der Waals surface area (Å²) in [6, 6.07) is 0. The number of hydrogen-bond acceptors (Lipinski definition) is 9. The highest BCUT2D eigenvalue weighted by molar-refractivity contribution is 6.10. The average molecular weight is 367 g/mol. The number of fused-ring (bicyclic) bond motifs is 1. The van der Waals surface area contributed by atoms with Gasteiger partial charge in [0, 0.05) is 12.2 Å². The first-order valence-electron chi connectivity index (χ1n) is 8.00. The van der Waals surface area contributed by atoms with Crippen molar-refractivity contribution in [2.45, 2.75) is 19.3 Å². The van der Waals surface area contributed by atoms with E-state index in [4.69, 9.17) is 18.9 Å². The lowest BCUT2D eigenvalue weighted by Gasteiger charge is -2.40. The van der Waals surface area contributed by atoms with Crippen LogP contribution in [0.25, 0.3) is 0 Å². The van der Waals surface area contributed by atoms with Gasteiger partial charge in [0.15, 0.2) is 0 Å². The van der Waals surface area contributed by atoms with Crippen molar-refractivity contribution in [1.29, 1.82) is 0 Å². The topological polar surface area (TPSA) is 108 Å². The molecule has 0 aromatic carbocycles. The molecule has 1 fully saturated rings. The highest BCUT2D eigenvalue weighted by Crippen LogP contribution is 2.41. The molecule has 1 saturated heterocycles. The molecule has 2 heterocycles. The molecule has 0 N–H and O–H groups in total. The van der Waals surface area contributed by atoms with Crippen LogP contribution in [0.15, 0.2) is 22.5 Å². The van der Waals surface area contributed by atoms with Crippen LogP contribution < -0.4 is 0 Å². The average Bonchev–Trinajstić information content (AvgIpc) is 2.69. The van der Waals surface area contributed by atoms with E-state index in [1.807, 2.05) is 0 Å². The fourth-order valence-electron chi connectivity index (χ4n) is 3.29. The van der Waals surface area contributed by atoms with Gasteiger partial charge in [0.05, 0.1) is 39.6 Å². The van der Waals surface area contributed by atoms with Crippen molar-refractivity contribution in [2.75, 3.05) is 35.0 Å². The van der Waals surface area contributed by atoms with Gasteiger partial charge in [0.1, 0.15) is 11.6 Å². The summed E-state index contributed by atoms with van der Waals surface area (Å²) >= 11 is 0. The molecule has 0 amide bonds. The van der Waals surface area contributed by atoms with Crippen LogP contribution in [-0.4, -0.2) is 63.8 Å². The highest BCUT2D eigenvalue weighted by atomic mass is 16.5. The summed E-state index contributed by atoms with van der Waals surface area (Å²) in [5.74, 6) is -4.80. The van der Waals surface area contributed by atoms with Crippen molar-refractivity contribution in [3.8, 4) is 0 Å². The number of carbonyl (C=O) groups is 4. The molecule has 142 valence electrons. The van der Waals surface area contributed by atoms with Gasteiger partial charge in [0.25, 0.3) is 0 Å². The predicted octanol–water partition coefficient (Wildman–Crippen LogP) is 0.302. The first kappa shape index (κ1) is 19.5. The van der Waals surface area contributed by atoms with Gasteiger partial charge in [0.2, 0.25) is 0 Å². The second-order valence-corrected chi connectivity index (χ2v) is 5.66. The SMILES string of the molecule is COC(=O)C1=C2CCCCN2C(C(=O)OC)=C(C(=O)OC)[C@@H]1C(=O)OC. The van der Waals surface area contributed by atoms with Gasteiger partial charge in [-0.1, -0.05) is 0 Å². The highest BCUT2D eigenvalue weighted by Gasteiger charge is 2.48. The number of carbonyl (C=O) groups excluding carboxylic acids is 4. The van der Waals surface area contributed by atoms with Gasteiger partial charge in [-0.2, -0.15) is 0 Å². The summed E-state index contributed by atoms with van der Waals surface area (Å²) in [4.78, 5) is 51.4. The molecule has 0 unspecified atom stereocenters. The molecule has 0 aliphatic carbocycles. The summed E-state index contributed by atoms with van der Waals surface area (Å²) in [7, 11) is 4.59. The van der Waals surface area contributed by atoms with Crippen molar-refractivity contribution >= 4 is 23.9 Å². The number of ether oxygens (including phenoxy) is 4. The lowest BCUT2D eigenvalue weighted by Crippen LogP contribution is -2.44. The summed E-state index contributed by atoms with van der Waals surface area (Å²) < 4.78 is 19.2. The molecule has 0 aromatic rings. The van der Waals surface area contributed by atoms with Crippen LogP contribution in [0, 0.1) is 5.92 Å². The second-order valence-electron chi connectivity index (χ2n) is 5.66. The van der Waals surface area contributed by atoms with Crippen LogP contribution in [0.4, 0.5) is 0 Å². The summed E-state index contributed by atoms with van der Waals surface area (Å²) in [5, 5.41) is 0. The Morgan fingerprint density at radius 1 is 0.808 bits per heavy atom. The van der Waals surface area contributed by atoms with Gasteiger partial charge in [-0.05, 0) is 19.3 Å². The van der Waals surface area contributed by atoms with E-state index in [0.29, 0.717) is 18.7 Å². The minimum atomic E-state index is -1.43. The molecule has 2 rings (SSSR count). The molecule has 26 heavy (non-hydrogen) atoms. The van der Waals surface area contributed by atoms with Crippen molar-refractivity contribution in [3.63, 3.8) is 0 Å². The van der Waals surface area contributed by atoms with Gasteiger partial charge < -0.3 is 23.8 Å². The van der Waals surface area contributed by atoms with Crippen LogP contribution >= 0.6 is 0 Å². The number of nitrogens with zero attached hydrogens (tertiary/aromatic N) is 1. The smallest absolute Gasteiger partial charge is 0.355 e. The summed E-state index contributed by atoms with van der Waals surface area (Å²) in [6.45, 7) is 0.384. The second kappa shape index (κ2) is 8.03. The Hall–Kier alpha value is -2.84. The molecular weight excluding hydrogens is 346 g/mol. The van der Waals surface area contributed by atoms with Crippen molar-refractivity contribution in [2.24, 2.45) is 5.92 Å². The maximum absolute atomic E-state index is 12.5. The van der Waals surface area contributed by atoms with Crippen LogP contribution in [0.5, 0.6) is 0 Å². The number of methoxy groups -OCH3 is 4. The molecule has 0 aromatic heterocycles. The van der Waals surface area contributed by atoms with Crippen molar-refractivity contribution < 1.29 is 38.1 Å². The molecule has 9 heteroatoms. The van der Waals surface area contributed by atoms with Crippen LogP contribution in [0.3, 0.4) is 0 Å². The number of rotatable bonds is 4. The van der Waals surface area contributed by atoms with Gasteiger partial charge >= 0.3 is 23.9 Å². The van der Waals surface area contributed by atoms with Crippen molar-refractivity contribution in [1.82, 2.24) is 4.90 Å². The molecule has 0 saturated carbocycles. The molecule has 9 nitrogen and oxygen atoms in total. The number of esters is 4. The third kappa shape index (κ3) is 3.16. The molecule has 2 aliphatic heterocycles. The third-order valence-corrected chi connectivity index (χ3v) is 4.41. The van der Waals surface area contributed by atoms with Gasteiger partial charge in [-0.15, -0.1) is 0 Å². The number of hydrogen-bond donors (Lipinski definition) is 0. The quantitative estimate of drug-likeness (QED) is 0.512. The van der Waals surface area contributed by atoms with Gasteiger partial charge in [-0.3, -0.25) is 4.79 Å². The fourth-order valence-corrected chi connectivity index (χ4v) is 3.29. The first-order valence-corrected chi connectivity index (χ1v) is 8.00. The van der Waals surface area contributed by atoms with E-state index in [2.05, 4.69) is 0 Å². The van der Waals surface area contributed by atoms with Crippen LogP contribution in [-0.2, 0) is 38.1 Å². The van der Waals surface area contributed by atoms with Crippen LogP contribution in [0.2, 0.25) is 0 Å². The number of piperidine rings is 1. The van der Waals surface area contributed by atoms with E-state index in [0.717, 1.165) is 27.1 Å².